The Morgan fingerprint density at radius 1 is 1.31 bits per heavy atom. The quantitative estimate of drug-likeness (QED) is 0.626. The van der Waals surface area contributed by atoms with E-state index < -0.39 is 0 Å². The molecule has 0 saturated heterocycles. The Morgan fingerprint density at radius 3 is 2.50 bits per heavy atom. The smallest absolute Gasteiger partial charge is 0.203 e. The summed E-state index contributed by atoms with van der Waals surface area (Å²) in [6, 6.07) is 7.07. The second-order valence-corrected chi connectivity index (χ2v) is 6.12. The molecule has 5 heteroatoms. The van der Waals surface area contributed by atoms with Crippen LogP contribution < -0.4 is 4.74 Å². The van der Waals surface area contributed by atoms with Gasteiger partial charge in [0.05, 0.1) is 12.0 Å². The lowest BCUT2D eigenvalue weighted by Gasteiger charge is -2.00. The van der Waals surface area contributed by atoms with E-state index in [2.05, 4.69) is 0 Å². The van der Waals surface area contributed by atoms with Crippen molar-refractivity contribution in [2.45, 2.75) is 0 Å². The van der Waals surface area contributed by atoms with Crippen LogP contribution in [0.25, 0.3) is 0 Å². The third kappa shape index (κ3) is 2.37. The Bertz CT molecular complexity index is 551. The number of carbonyl (C=O) groups is 1. The molecule has 0 aliphatic heterocycles. The van der Waals surface area contributed by atoms with Crippen LogP contribution in [-0.2, 0) is 0 Å². The van der Waals surface area contributed by atoms with E-state index in [4.69, 9.17) is 17.0 Å². The van der Waals surface area contributed by atoms with E-state index in [-0.39, 0.29) is 5.78 Å². The van der Waals surface area contributed by atoms with E-state index in [0.717, 1.165) is 8.89 Å². The average molecular weight is 268 g/mol. The first-order valence-electron chi connectivity index (χ1n) is 4.48. The highest BCUT2D eigenvalue weighted by Crippen LogP contribution is 2.21. The molecule has 0 unspecified atom stereocenters. The zero-order valence-corrected chi connectivity index (χ0v) is 10.9. The third-order valence-electron chi connectivity index (χ3n) is 2.03. The van der Waals surface area contributed by atoms with Gasteiger partial charge in [-0.15, -0.1) is 22.7 Å². The summed E-state index contributed by atoms with van der Waals surface area (Å²) in [7, 11) is 1.60. The topological polar surface area (TPSA) is 26.3 Å². The molecule has 0 bridgehead atoms. The first kappa shape index (κ1) is 11.4. The minimum absolute atomic E-state index is 0.0139. The number of rotatable bonds is 3. The monoisotopic (exact) mass is 268 g/mol. The van der Waals surface area contributed by atoms with Crippen LogP contribution in [-0.4, -0.2) is 12.9 Å². The largest absolute Gasteiger partial charge is 0.497 e. The van der Waals surface area contributed by atoms with E-state index >= 15 is 0 Å². The van der Waals surface area contributed by atoms with Crippen molar-refractivity contribution in [1.82, 2.24) is 0 Å². The fourth-order valence-electron chi connectivity index (χ4n) is 1.22. The Kier molecular flexibility index (Phi) is 3.48. The van der Waals surface area contributed by atoms with Gasteiger partial charge in [0.25, 0.3) is 0 Å². The van der Waals surface area contributed by atoms with E-state index in [1.807, 2.05) is 0 Å². The zero-order chi connectivity index (χ0) is 11.5. The Hall–Kier alpha value is -1.04. The molecule has 0 atom stereocenters. The minimum atomic E-state index is 0.0139. The molecule has 0 saturated carbocycles. The zero-order valence-electron chi connectivity index (χ0n) is 8.43. The molecule has 1 heterocycles. The van der Waals surface area contributed by atoms with E-state index in [0.29, 0.717) is 10.4 Å². The van der Waals surface area contributed by atoms with Gasteiger partial charge in [0.2, 0.25) is 5.78 Å². The fourth-order valence-corrected chi connectivity index (χ4v) is 3.28. The van der Waals surface area contributed by atoms with Crippen molar-refractivity contribution >= 4 is 40.7 Å². The predicted octanol–water partition coefficient (Wildman–Crippen LogP) is 3.78. The third-order valence-corrected chi connectivity index (χ3v) is 4.49. The summed E-state index contributed by atoms with van der Waals surface area (Å²) >= 11 is 7.78. The first-order chi connectivity index (χ1) is 7.70. The second kappa shape index (κ2) is 4.86. The standard InChI is InChI=1S/C11H8O2S3/c1-13-8-4-2-7(3-5-8)10(12)9-6-15-11(14)16-9/h2-6H,1H3. The summed E-state index contributed by atoms with van der Waals surface area (Å²) in [5, 5.41) is 1.81. The molecule has 0 aliphatic carbocycles. The highest BCUT2D eigenvalue weighted by molar-refractivity contribution is 7.76. The van der Waals surface area contributed by atoms with Crippen LogP contribution in [0.2, 0.25) is 0 Å². The van der Waals surface area contributed by atoms with E-state index in [1.165, 1.54) is 22.7 Å². The Balaban J connectivity index is 2.30. The van der Waals surface area contributed by atoms with Crippen LogP contribution >= 0.6 is 34.9 Å². The molecule has 16 heavy (non-hydrogen) atoms. The number of methoxy groups -OCH3 is 1. The van der Waals surface area contributed by atoms with Gasteiger partial charge in [-0.05, 0) is 24.3 Å². The molecule has 82 valence electrons. The van der Waals surface area contributed by atoms with Gasteiger partial charge in [0.15, 0.2) is 0 Å². The van der Waals surface area contributed by atoms with Gasteiger partial charge in [-0.1, -0.05) is 12.2 Å². The van der Waals surface area contributed by atoms with E-state index in [9.17, 15) is 4.79 Å². The van der Waals surface area contributed by atoms with Crippen LogP contribution in [0, 0.1) is 3.14 Å². The fraction of sp³-hybridized carbons (Fsp3) is 0.0909. The van der Waals surface area contributed by atoms with Crippen LogP contribution in [0.1, 0.15) is 15.2 Å². The Labute approximate surface area is 106 Å². The summed E-state index contributed by atoms with van der Waals surface area (Å²) < 4.78 is 5.81. The molecular formula is C11H8O2S3. The summed E-state index contributed by atoms with van der Waals surface area (Å²) in [5.74, 6) is 0.759. The normalized spacial score (nSPS) is 10.1. The van der Waals surface area contributed by atoms with Gasteiger partial charge in [-0.3, -0.25) is 4.79 Å². The molecule has 0 spiro atoms. The maximum Gasteiger partial charge on any atom is 0.203 e. The molecule has 1 aromatic heterocycles. The molecule has 0 aliphatic rings. The number of benzene rings is 1. The number of ketones is 1. The molecule has 0 amide bonds. The van der Waals surface area contributed by atoms with Crippen molar-refractivity contribution in [3.8, 4) is 5.75 Å². The van der Waals surface area contributed by atoms with Gasteiger partial charge in [-0.2, -0.15) is 0 Å². The molecule has 2 aromatic rings. The van der Waals surface area contributed by atoms with Crippen LogP contribution in [0.15, 0.2) is 29.6 Å². The van der Waals surface area contributed by atoms with Gasteiger partial charge in [0.1, 0.15) is 8.89 Å². The molecule has 0 fully saturated rings. The van der Waals surface area contributed by atoms with Crippen molar-refractivity contribution in [3.05, 3.63) is 43.2 Å². The summed E-state index contributed by atoms with van der Waals surface area (Å²) in [6.07, 6.45) is 0. The van der Waals surface area contributed by atoms with Crippen molar-refractivity contribution in [2.75, 3.05) is 7.11 Å². The van der Waals surface area contributed by atoms with Gasteiger partial charge >= 0.3 is 0 Å². The lowest BCUT2D eigenvalue weighted by Crippen LogP contribution is -1.97. The first-order valence-corrected chi connectivity index (χ1v) is 6.58. The van der Waals surface area contributed by atoms with Gasteiger partial charge in [-0.25, -0.2) is 0 Å². The van der Waals surface area contributed by atoms with E-state index in [1.54, 1.807) is 36.8 Å². The van der Waals surface area contributed by atoms with Crippen LogP contribution in [0.5, 0.6) is 5.75 Å². The second-order valence-electron chi connectivity index (χ2n) is 3.01. The molecule has 1 aromatic carbocycles. The Morgan fingerprint density at radius 2 is 2.00 bits per heavy atom. The lowest BCUT2D eigenvalue weighted by molar-refractivity contribution is 0.104. The van der Waals surface area contributed by atoms with Crippen molar-refractivity contribution in [2.24, 2.45) is 0 Å². The van der Waals surface area contributed by atoms with Gasteiger partial charge < -0.3 is 4.74 Å². The molecule has 0 N–H and O–H groups in total. The van der Waals surface area contributed by atoms with Crippen LogP contribution in [0.4, 0.5) is 0 Å². The summed E-state index contributed by atoms with van der Waals surface area (Å²) in [6.45, 7) is 0. The number of hydrogen-bond donors (Lipinski definition) is 0. The van der Waals surface area contributed by atoms with Gasteiger partial charge in [0, 0.05) is 10.9 Å². The average Bonchev–Trinajstić information content (AvgIpc) is 2.75. The van der Waals surface area contributed by atoms with Crippen molar-refractivity contribution in [1.29, 1.82) is 0 Å². The molecule has 0 radical (unpaired) electrons. The maximum absolute atomic E-state index is 12.0. The highest BCUT2D eigenvalue weighted by Gasteiger charge is 2.10. The molecular weight excluding hydrogens is 260 g/mol. The lowest BCUT2D eigenvalue weighted by atomic mass is 10.1. The number of hydrogen-bond acceptors (Lipinski definition) is 5. The maximum atomic E-state index is 12.0. The number of ether oxygens (including phenoxy) is 1. The number of carbonyl (C=O) groups excluding carboxylic acids is 1. The summed E-state index contributed by atoms with van der Waals surface area (Å²) in [5.41, 5.74) is 0.657. The minimum Gasteiger partial charge on any atom is -0.497 e. The predicted molar refractivity (Wildman–Crippen MR) is 69.5 cm³/mol. The molecule has 2 rings (SSSR count). The summed E-state index contributed by atoms with van der Waals surface area (Å²) in [4.78, 5) is 12.7. The SMILES string of the molecule is COc1ccc(C(=O)c2csc(=S)s2)cc1. The molecule has 2 nitrogen and oxygen atoms in total. The van der Waals surface area contributed by atoms with Crippen molar-refractivity contribution in [3.63, 3.8) is 0 Å². The van der Waals surface area contributed by atoms with Crippen molar-refractivity contribution < 1.29 is 9.53 Å². The van der Waals surface area contributed by atoms with Crippen LogP contribution in [0.3, 0.4) is 0 Å². The highest BCUT2D eigenvalue weighted by atomic mass is 32.2.